The summed E-state index contributed by atoms with van der Waals surface area (Å²) in [5, 5.41) is 0.564. The molecule has 0 aromatic carbocycles. The topological polar surface area (TPSA) is 56.7 Å². The molecule has 2 rings (SSSR count). The van der Waals surface area contributed by atoms with Crippen LogP contribution in [0.3, 0.4) is 0 Å². The first kappa shape index (κ1) is 10.1. The Bertz CT molecular complexity index is 464. The van der Waals surface area contributed by atoms with Gasteiger partial charge in [-0.3, -0.25) is 4.98 Å². The Hall–Kier alpha value is -1.39. The molecule has 0 bridgehead atoms. The molecule has 78 valence electrons. The van der Waals surface area contributed by atoms with Crippen LogP contribution in [0, 0.1) is 0 Å². The first-order valence-corrected chi connectivity index (χ1v) is 4.94. The molecule has 0 saturated heterocycles. The Labute approximate surface area is 92.7 Å². The highest BCUT2D eigenvalue weighted by Crippen LogP contribution is 2.25. The SMILES string of the molecule is Cn1c(CN)nc(-c2ccccn2)c1Cl. The molecule has 5 heteroatoms. The quantitative estimate of drug-likeness (QED) is 0.840. The van der Waals surface area contributed by atoms with E-state index in [1.165, 1.54) is 0 Å². The molecule has 0 aliphatic heterocycles. The number of rotatable bonds is 2. The summed E-state index contributed by atoms with van der Waals surface area (Å²) in [4.78, 5) is 8.54. The van der Waals surface area contributed by atoms with Crippen molar-refractivity contribution in [1.82, 2.24) is 14.5 Å². The van der Waals surface area contributed by atoms with Crippen LogP contribution in [0.1, 0.15) is 5.82 Å². The fourth-order valence-corrected chi connectivity index (χ4v) is 1.61. The van der Waals surface area contributed by atoms with Gasteiger partial charge in [0.15, 0.2) is 0 Å². The fraction of sp³-hybridized carbons (Fsp3) is 0.200. The van der Waals surface area contributed by atoms with Crippen LogP contribution in [-0.2, 0) is 13.6 Å². The summed E-state index contributed by atoms with van der Waals surface area (Å²) in [5.41, 5.74) is 6.99. The van der Waals surface area contributed by atoms with Crippen LogP contribution in [0.5, 0.6) is 0 Å². The van der Waals surface area contributed by atoms with Crippen LogP contribution in [0.4, 0.5) is 0 Å². The Kier molecular flexibility index (Phi) is 2.70. The van der Waals surface area contributed by atoms with E-state index in [0.29, 0.717) is 17.4 Å². The summed E-state index contributed by atoms with van der Waals surface area (Å²) >= 11 is 6.13. The van der Waals surface area contributed by atoms with E-state index in [-0.39, 0.29) is 0 Å². The van der Waals surface area contributed by atoms with Gasteiger partial charge in [0.2, 0.25) is 0 Å². The molecule has 2 aromatic heterocycles. The molecule has 0 aliphatic rings. The van der Waals surface area contributed by atoms with Crippen molar-refractivity contribution < 1.29 is 0 Å². The molecular formula is C10H11ClN4. The van der Waals surface area contributed by atoms with E-state index in [1.807, 2.05) is 25.2 Å². The summed E-state index contributed by atoms with van der Waals surface area (Å²) in [7, 11) is 1.84. The third-order valence-electron chi connectivity index (χ3n) is 2.21. The number of hydrogen-bond acceptors (Lipinski definition) is 3. The highest BCUT2D eigenvalue weighted by atomic mass is 35.5. The smallest absolute Gasteiger partial charge is 0.138 e. The monoisotopic (exact) mass is 222 g/mol. The van der Waals surface area contributed by atoms with Gasteiger partial charge < -0.3 is 10.3 Å². The van der Waals surface area contributed by atoms with Crippen molar-refractivity contribution in [1.29, 1.82) is 0 Å². The van der Waals surface area contributed by atoms with Crippen LogP contribution < -0.4 is 5.73 Å². The Morgan fingerprint density at radius 3 is 2.80 bits per heavy atom. The third-order valence-corrected chi connectivity index (χ3v) is 2.64. The summed E-state index contributed by atoms with van der Waals surface area (Å²) in [6.07, 6.45) is 1.71. The normalized spacial score (nSPS) is 10.6. The number of nitrogens with two attached hydrogens (primary N) is 1. The number of halogens is 1. The molecule has 2 heterocycles. The number of pyridine rings is 1. The molecule has 0 radical (unpaired) electrons. The standard InChI is InChI=1S/C10H11ClN4/c1-15-8(6-12)14-9(10(15)11)7-4-2-3-5-13-7/h2-5H,6,12H2,1H3. The van der Waals surface area contributed by atoms with E-state index in [1.54, 1.807) is 10.8 Å². The minimum atomic E-state index is 0.364. The predicted molar refractivity (Wildman–Crippen MR) is 59.3 cm³/mol. The van der Waals surface area contributed by atoms with Crippen LogP contribution in [0.25, 0.3) is 11.4 Å². The van der Waals surface area contributed by atoms with E-state index in [4.69, 9.17) is 17.3 Å². The highest BCUT2D eigenvalue weighted by Gasteiger charge is 2.13. The van der Waals surface area contributed by atoms with Gasteiger partial charge in [-0.05, 0) is 12.1 Å². The summed E-state index contributed by atoms with van der Waals surface area (Å²) < 4.78 is 1.77. The summed E-state index contributed by atoms with van der Waals surface area (Å²) in [5.74, 6) is 0.751. The maximum absolute atomic E-state index is 6.13. The molecule has 0 atom stereocenters. The molecule has 0 aliphatic carbocycles. The Morgan fingerprint density at radius 2 is 2.27 bits per heavy atom. The van der Waals surface area contributed by atoms with E-state index in [0.717, 1.165) is 11.5 Å². The molecule has 2 N–H and O–H groups in total. The lowest BCUT2D eigenvalue weighted by molar-refractivity contribution is 0.794. The van der Waals surface area contributed by atoms with Crippen LogP contribution in [-0.4, -0.2) is 14.5 Å². The van der Waals surface area contributed by atoms with Crippen LogP contribution in [0.2, 0.25) is 5.15 Å². The predicted octanol–water partition coefficient (Wildman–Crippen LogP) is 1.59. The average molecular weight is 223 g/mol. The van der Waals surface area contributed by atoms with Crippen LogP contribution >= 0.6 is 11.6 Å². The highest BCUT2D eigenvalue weighted by molar-refractivity contribution is 6.32. The largest absolute Gasteiger partial charge is 0.324 e. The molecule has 2 aromatic rings. The average Bonchev–Trinajstić information content (AvgIpc) is 2.57. The van der Waals surface area contributed by atoms with Gasteiger partial charge in [0, 0.05) is 13.2 Å². The van der Waals surface area contributed by atoms with Crippen molar-refractivity contribution in [3.8, 4) is 11.4 Å². The lowest BCUT2D eigenvalue weighted by atomic mass is 10.3. The van der Waals surface area contributed by atoms with Crippen molar-refractivity contribution >= 4 is 11.6 Å². The zero-order valence-electron chi connectivity index (χ0n) is 8.31. The zero-order chi connectivity index (χ0) is 10.8. The first-order valence-electron chi connectivity index (χ1n) is 4.56. The van der Waals surface area contributed by atoms with Crippen molar-refractivity contribution in [2.45, 2.75) is 6.54 Å². The van der Waals surface area contributed by atoms with Gasteiger partial charge in [0.25, 0.3) is 0 Å². The Balaban J connectivity index is 2.55. The second-order valence-corrected chi connectivity index (χ2v) is 3.50. The van der Waals surface area contributed by atoms with Gasteiger partial charge in [0.1, 0.15) is 16.7 Å². The molecule has 0 amide bonds. The van der Waals surface area contributed by atoms with Gasteiger partial charge in [-0.1, -0.05) is 17.7 Å². The zero-order valence-corrected chi connectivity index (χ0v) is 9.07. The Morgan fingerprint density at radius 1 is 1.47 bits per heavy atom. The van der Waals surface area contributed by atoms with E-state index in [2.05, 4.69) is 9.97 Å². The lowest BCUT2D eigenvalue weighted by Crippen LogP contribution is -2.04. The van der Waals surface area contributed by atoms with Gasteiger partial charge in [0.05, 0.1) is 12.2 Å². The van der Waals surface area contributed by atoms with Crippen LogP contribution in [0.15, 0.2) is 24.4 Å². The molecule has 0 spiro atoms. The maximum atomic E-state index is 6.13. The second kappa shape index (κ2) is 4.00. The van der Waals surface area contributed by atoms with E-state index < -0.39 is 0 Å². The summed E-state index contributed by atoms with van der Waals surface area (Å²) in [6.45, 7) is 0.364. The van der Waals surface area contributed by atoms with Crippen molar-refractivity contribution in [3.05, 3.63) is 35.4 Å². The number of hydrogen-bond donors (Lipinski definition) is 1. The molecule has 15 heavy (non-hydrogen) atoms. The number of imidazole rings is 1. The number of aromatic nitrogens is 3. The van der Waals surface area contributed by atoms with E-state index >= 15 is 0 Å². The minimum absolute atomic E-state index is 0.364. The van der Waals surface area contributed by atoms with Gasteiger partial charge in [-0.2, -0.15) is 0 Å². The minimum Gasteiger partial charge on any atom is -0.324 e. The number of nitrogens with zero attached hydrogens (tertiary/aromatic N) is 3. The second-order valence-electron chi connectivity index (χ2n) is 3.15. The van der Waals surface area contributed by atoms with E-state index in [9.17, 15) is 0 Å². The van der Waals surface area contributed by atoms with Gasteiger partial charge in [-0.15, -0.1) is 0 Å². The summed E-state index contributed by atoms with van der Waals surface area (Å²) in [6, 6.07) is 5.62. The first-order chi connectivity index (χ1) is 7.24. The molecule has 4 nitrogen and oxygen atoms in total. The van der Waals surface area contributed by atoms with Crippen molar-refractivity contribution in [2.24, 2.45) is 12.8 Å². The van der Waals surface area contributed by atoms with Gasteiger partial charge >= 0.3 is 0 Å². The maximum Gasteiger partial charge on any atom is 0.138 e. The molecule has 0 unspecified atom stereocenters. The van der Waals surface area contributed by atoms with Crippen molar-refractivity contribution in [3.63, 3.8) is 0 Å². The molecule has 0 fully saturated rings. The lowest BCUT2D eigenvalue weighted by Gasteiger charge is -1.97. The molecular weight excluding hydrogens is 212 g/mol. The third kappa shape index (κ3) is 1.73. The fourth-order valence-electron chi connectivity index (χ4n) is 1.37. The molecule has 0 saturated carbocycles. The van der Waals surface area contributed by atoms with Gasteiger partial charge in [-0.25, -0.2) is 4.98 Å². The van der Waals surface area contributed by atoms with Crippen molar-refractivity contribution in [2.75, 3.05) is 0 Å².